The fourth-order valence-electron chi connectivity index (χ4n) is 2.05. The van der Waals surface area contributed by atoms with Crippen LogP contribution in [0.3, 0.4) is 0 Å². The molecule has 3 nitrogen and oxygen atoms in total. The van der Waals surface area contributed by atoms with E-state index in [0.717, 1.165) is 5.56 Å². The first-order valence-electron chi connectivity index (χ1n) is 6.44. The van der Waals surface area contributed by atoms with Gasteiger partial charge in [0.15, 0.2) is 0 Å². The Morgan fingerprint density at radius 2 is 1.95 bits per heavy atom. The average molecular weight is 308 g/mol. The summed E-state index contributed by atoms with van der Waals surface area (Å²) in [6, 6.07) is 10.3. The second-order valence-corrected chi connectivity index (χ2v) is 5.16. The minimum Gasteiger partial charge on any atom is -0.394 e. The van der Waals surface area contributed by atoms with Gasteiger partial charge in [-0.25, -0.2) is 4.39 Å². The maximum absolute atomic E-state index is 13.1. The molecule has 0 aliphatic heterocycles. The van der Waals surface area contributed by atoms with E-state index in [1.807, 2.05) is 0 Å². The highest BCUT2D eigenvalue weighted by Gasteiger charge is 2.16. The van der Waals surface area contributed by atoms with Gasteiger partial charge >= 0.3 is 0 Å². The van der Waals surface area contributed by atoms with Crippen molar-refractivity contribution in [3.05, 3.63) is 70.0 Å². The van der Waals surface area contributed by atoms with Crippen molar-refractivity contribution in [2.45, 2.75) is 13.0 Å². The molecule has 0 saturated heterocycles. The molecule has 0 bridgehead atoms. The van der Waals surface area contributed by atoms with Gasteiger partial charge in [0.25, 0.3) is 5.91 Å². The van der Waals surface area contributed by atoms with Crippen LogP contribution >= 0.6 is 11.6 Å². The molecule has 0 radical (unpaired) electrons. The fraction of sp³-hybridized carbons (Fsp3) is 0.188. The summed E-state index contributed by atoms with van der Waals surface area (Å²) in [5, 5.41) is 12.8. The fourth-order valence-corrected chi connectivity index (χ4v) is 2.17. The zero-order chi connectivity index (χ0) is 15.4. The van der Waals surface area contributed by atoms with Gasteiger partial charge in [0.05, 0.1) is 12.6 Å². The predicted molar refractivity (Wildman–Crippen MR) is 79.9 cm³/mol. The largest absolute Gasteiger partial charge is 0.394 e. The van der Waals surface area contributed by atoms with Gasteiger partial charge in [0.2, 0.25) is 0 Å². The normalized spacial score (nSPS) is 12.0. The third-order valence-electron chi connectivity index (χ3n) is 3.19. The van der Waals surface area contributed by atoms with Gasteiger partial charge in [-0.15, -0.1) is 0 Å². The van der Waals surface area contributed by atoms with Crippen molar-refractivity contribution in [2.24, 2.45) is 0 Å². The van der Waals surface area contributed by atoms with Crippen LogP contribution in [0, 0.1) is 12.7 Å². The van der Waals surface area contributed by atoms with E-state index in [0.29, 0.717) is 16.1 Å². The SMILES string of the molecule is Cc1cc(F)ccc1C(=O)NC(CO)c1ccc(Cl)cc1. The molecule has 21 heavy (non-hydrogen) atoms. The number of benzene rings is 2. The third-order valence-corrected chi connectivity index (χ3v) is 3.45. The van der Waals surface area contributed by atoms with E-state index >= 15 is 0 Å². The molecule has 0 saturated carbocycles. The summed E-state index contributed by atoms with van der Waals surface area (Å²) < 4.78 is 13.1. The number of hydrogen-bond acceptors (Lipinski definition) is 2. The van der Waals surface area contributed by atoms with E-state index in [9.17, 15) is 14.3 Å². The maximum Gasteiger partial charge on any atom is 0.252 e. The van der Waals surface area contributed by atoms with Crippen LogP contribution in [0.2, 0.25) is 5.02 Å². The standard InChI is InChI=1S/C16H15ClFNO2/c1-10-8-13(18)6-7-14(10)16(21)19-15(9-20)11-2-4-12(17)5-3-11/h2-8,15,20H,9H2,1H3,(H,19,21). The van der Waals surface area contributed by atoms with Gasteiger partial charge in [-0.2, -0.15) is 0 Å². The lowest BCUT2D eigenvalue weighted by Gasteiger charge is -2.17. The summed E-state index contributed by atoms with van der Waals surface area (Å²) in [7, 11) is 0. The lowest BCUT2D eigenvalue weighted by Crippen LogP contribution is -2.31. The van der Waals surface area contributed by atoms with Crippen molar-refractivity contribution >= 4 is 17.5 Å². The molecule has 2 aromatic rings. The number of aliphatic hydroxyl groups is 1. The van der Waals surface area contributed by atoms with Gasteiger partial charge in [0.1, 0.15) is 5.82 Å². The molecule has 2 N–H and O–H groups in total. The Hall–Kier alpha value is -1.91. The van der Waals surface area contributed by atoms with Crippen molar-refractivity contribution in [2.75, 3.05) is 6.61 Å². The molecule has 1 unspecified atom stereocenters. The van der Waals surface area contributed by atoms with E-state index < -0.39 is 6.04 Å². The Morgan fingerprint density at radius 3 is 2.52 bits per heavy atom. The number of carbonyl (C=O) groups is 1. The van der Waals surface area contributed by atoms with Crippen molar-refractivity contribution in [1.29, 1.82) is 0 Å². The highest BCUT2D eigenvalue weighted by molar-refractivity contribution is 6.30. The van der Waals surface area contributed by atoms with Crippen molar-refractivity contribution in [3.8, 4) is 0 Å². The lowest BCUT2D eigenvalue weighted by molar-refractivity contribution is 0.0915. The molecule has 110 valence electrons. The number of aryl methyl sites for hydroxylation is 1. The number of carbonyl (C=O) groups excluding carboxylic acids is 1. The molecule has 0 aliphatic rings. The van der Waals surface area contributed by atoms with Gasteiger partial charge < -0.3 is 10.4 Å². The van der Waals surface area contributed by atoms with Crippen LogP contribution < -0.4 is 5.32 Å². The Labute approximate surface area is 127 Å². The first-order chi connectivity index (χ1) is 10.0. The highest BCUT2D eigenvalue weighted by Crippen LogP contribution is 2.18. The molecule has 0 aromatic heterocycles. The summed E-state index contributed by atoms with van der Waals surface area (Å²) in [5.74, 6) is -0.748. The van der Waals surface area contributed by atoms with Crippen LogP contribution in [0.4, 0.5) is 4.39 Å². The van der Waals surface area contributed by atoms with Crippen LogP contribution in [-0.4, -0.2) is 17.6 Å². The van der Waals surface area contributed by atoms with Gasteiger partial charge in [-0.3, -0.25) is 4.79 Å². The first kappa shape index (κ1) is 15.5. The summed E-state index contributed by atoms with van der Waals surface area (Å²) in [4.78, 5) is 12.2. The molecule has 1 atom stereocenters. The van der Waals surface area contributed by atoms with Crippen LogP contribution in [0.25, 0.3) is 0 Å². The molecular formula is C16H15ClFNO2. The Kier molecular flexibility index (Phi) is 4.94. The molecule has 2 aromatic carbocycles. The number of nitrogens with one attached hydrogen (secondary N) is 1. The van der Waals surface area contributed by atoms with Crippen LogP contribution in [0.15, 0.2) is 42.5 Å². The number of hydrogen-bond donors (Lipinski definition) is 2. The zero-order valence-corrected chi connectivity index (χ0v) is 12.2. The molecule has 0 fully saturated rings. The summed E-state index contributed by atoms with van der Waals surface area (Å²) in [6.45, 7) is 1.42. The summed E-state index contributed by atoms with van der Waals surface area (Å²) >= 11 is 5.81. The molecule has 0 heterocycles. The van der Waals surface area contributed by atoms with Gasteiger partial charge in [-0.1, -0.05) is 23.7 Å². The molecule has 2 rings (SSSR count). The van der Waals surface area contributed by atoms with E-state index in [1.54, 1.807) is 31.2 Å². The lowest BCUT2D eigenvalue weighted by atomic mass is 10.0. The number of aliphatic hydroxyl groups excluding tert-OH is 1. The van der Waals surface area contributed by atoms with E-state index in [1.165, 1.54) is 18.2 Å². The van der Waals surface area contributed by atoms with Gasteiger partial charge in [0, 0.05) is 10.6 Å². The number of rotatable bonds is 4. The minimum absolute atomic E-state index is 0.242. The molecule has 5 heteroatoms. The predicted octanol–water partition coefficient (Wildman–Crippen LogP) is 3.25. The Balaban J connectivity index is 2.18. The van der Waals surface area contributed by atoms with E-state index in [2.05, 4.69) is 5.32 Å². The second-order valence-electron chi connectivity index (χ2n) is 4.72. The highest BCUT2D eigenvalue weighted by atomic mass is 35.5. The van der Waals surface area contributed by atoms with E-state index in [-0.39, 0.29) is 18.3 Å². The van der Waals surface area contributed by atoms with Crippen LogP contribution in [0.1, 0.15) is 27.5 Å². The zero-order valence-electron chi connectivity index (χ0n) is 11.4. The number of halogens is 2. The Morgan fingerprint density at radius 1 is 1.29 bits per heavy atom. The minimum atomic E-state index is -0.542. The van der Waals surface area contributed by atoms with Crippen molar-refractivity contribution in [3.63, 3.8) is 0 Å². The third kappa shape index (κ3) is 3.80. The monoisotopic (exact) mass is 307 g/mol. The maximum atomic E-state index is 13.1. The van der Waals surface area contributed by atoms with Crippen LogP contribution in [0.5, 0.6) is 0 Å². The topological polar surface area (TPSA) is 49.3 Å². The average Bonchev–Trinajstić information content (AvgIpc) is 2.45. The second kappa shape index (κ2) is 6.70. The number of amides is 1. The van der Waals surface area contributed by atoms with Crippen LogP contribution in [-0.2, 0) is 0 Å². The Bertz CT molecular complexity index is 643. The summed E-state index contributed by atoms with van der Waals surface area (Å²) in [6.07, 6.45) is 0. The smallest absolute Gasteiger partial charge is 0.252 e. The molecule has 0 spiro atoms. The van der Waals surface area contributed by atoms with Crippen molar-refractivity contribution < 1.29 is 14.3 Å². The van der Waals surface area contributed by atoms with E-state index in [4.69, 9.17) is 11.6 Å². The summed E-state index contributed by atoms with van der Waals surface area (Å²) in [5.41, 5.74) is 1.67. The quantitative estimate of drug-likeness (QED) is 0.911. The first-order valence-corrected chi connectivity index (χ1v) is 6.82. The van der Waals surface area contributed by atoms with Crippen molar-refractivity contribution in [1.82, 2.24) is 5.32 Å². The molecule has 0 aliphatic carbocycles. The molecule has 1 amide bonds. The van der Waals surface area contributed by atoms with Gasteiger partial charge in [-0.05, 0) is 48.4 Å². The molecular weight excluding hydrogens is 293 g/mol.